The molecule has 0 fully saturated rings. The molecule has 0 atom stereocenters. The Bertz CT molecular complexity index is 1180. The van der Waals surface area contributed by atoms with Gasteiger partial charge in [-0.15, -0.1) is 11.3 Å². The first-order valence-electron chi connectivity index (χ1n) is 7.51. The highest BCUT2D eigenvalue weighted by atomic mass is 32.2. The van der Waals surface area contributed by atoms with Crippen molar-refractivity contribution in [2.24, 2.45) is 0 Å². The van der Waals surface area contributed by atoms with E-state index in [4.69, 9.17) is 7.85 Å². The minimum atomic E-state index is -4.22. The highest BCUT2D eigenvalue weighted by molar-refractivity contribution is 7.93. The lowest BCUT2D eigenvalue weighted by molar-refractivity contribution is 0.0981. The Balaban J connectivity index is 1.87. The predicted octanol–water partition coefficient (Wildman–Crippen LogP) is 1.49. The van der Waals surface area contributed by atoms with Crippen LogP contribution in [0.2, 0.25) is 0 Å². The molecule has 6 nitrogen and oxygen atoms in total. The average Bonchev–Trinajstić information content (AvgIpc) is 3.14. The van der Waals surface area contributed by atoms with Crippen molar-refractivity contribution in [1.82, 2.24) is 4.72 Å². The summed E-state index contributed by atoms with van der Waals surface area (Å²) >= 11 is 0.716. The first-order chi connectivity index (χ1) is 12.7. The van der Waals surface area contributed by atoms with E-state index in [2.05, 4.69) is 0 Å². The van der Waals surface area contributed by atoms with Crippen LogP contribution in [0.5, 0.6) is 0 Å². The van der Waals surface area contributed by atoms with Gasteiger partial charge in [-0.2, -0.15) is 0 Å². The van der Waals surface area contributed by atoms with Crippen LogP contribution in [0.25, 0.3) is 0 Å². The molecule has 10 heteroatoms. The van der Waals surface area contributed by atoms with Gasteiger partial charge in [-0.1, -0.05) is 47.9 Å². The Morgan fingerprint density at radius 3 is 2.15 bits per heavy atom. The highest BCUT2D eigenvalue weighted by Gasteiger charge is 2.25. The standard InChI is InChI=1S/C17H12BNO5S3/c18-13-8-6-12(7-9-13)17(20)19-27(23,24)16-10-15(11-25-16)26(21,22)14-4-2-1-3-5-14/h1-11H,(H,19,20). The number of benzene rings is 2. The molecule has 0 aliphatic carbocycles. The van der Waals surface area contributed by atoms with Crippen LogP contribution >= 0.6 is 11.3 Å². The summed E-state index contributed by atoms with van der Waals surface area (Å²) < 4.78 is 51.6. The van der Waals surface area contributed by atoms with Gasteiger partial charge >= 0.3 is 0 Å². The van der Waals surface area contributed by atoms with Gasteiger partial charge in [0, 0.05) is 10.9 Å². The highest BCUT2D eigenvalue weighted by Crippen LogP contribution is 2.28. The Labute approximate surface area is 162 Å². The van der Waals surface area contributed by atoms with Gasteiger partial charge in [0.25, 0.3) is 15.9 Å². The SMILES string of the molecule is [B]c1ccc(C(=O)NS(=O)(=O)c2cc(S(=O)(=O)c3ccccc3)cs2)cc1. The molecule has 1 N–H and O–H groups in total. The lowest BCUT2D eigenvalue weighted by Crippen LogP contribution is -2.30. The molecule has 0 spiro atoms. The second-order valence-corrected chi connectivity index (χ2v) is 10.2. The third-order valence-electron chi connectivity index (χ3n) is 3.58. The maximum Gasteiger partial charge on any atom is 0.273 e. The van der Waals surface area contributed by atoms with Crippen molar-refractivity contribution >= 4 is 50.4 Å². The number of rotatable bonds is 5. The summed E-state index contributed by atoms with van der Waals surface area (Å²) in [5.41, 5.74) is 0.546. The molecule has 0 saturated heterocycles. The number of nitrogens with one attached hydrogen (secondary N) is 1. The van der Waals surface area contributed by atoms with Crippen molar-refractivity contribution in [2.45, 2.75) is 14.0 Å². The fraction of sp³-hybridized carbons (Fsp3) is 0. The van der Waals surface area contributed by atoms with E-state index in [9.17, 15) is 21.6 Å². The van der Waals surface area contributed by atoms with Gasteiger partial charge in [-0.25, -0.2) is 21.6 Å². The van der Waals surface area contributed by atoms with E-state index in [1.54, 1.807) is 18.2 Å². The molecule has 1 amide bonds. The van der Waals surface area contributed by atoms with Crippen LogP contribution < -0.4 is 10.2 Å². The third-order valence-corrected chi connectivity index (χ3v) is 8.25. The van der Waals surface area contributed by atoms with Gasteiger partial charge in [-0.05, 0) is 18.2 Å². The summed E-state index contributed by atoms with van der Waals surface area (Å²) in [6.07, 6.45) is 0. The molecule has 0 aliphatic rings. The molecule has 1 aromatic heterocycles. The van der Waals surface area contributed by atoms with Gasteiger partial charge in [0.15, 0.2) is 0 Å². The van der Waals surface area contributed by atoms with Crippen molar-refractivity contribution < 1.29 is 21.6 Å². The lowest BCUT2D eigenvalue weighted by atomic mass is 9.95. The van der Waals surface area contributed by atoms with Crippen molar-refractivity contribution in [3.05, 3.63) is 71.6 Å². The average molecular weight is 417 g/mol. The molecule has 27 heavy (non-hydrogen) atoms. The lowest BCUT2D eigenvalue weighted by Gasteiger charge is -2.05. The second kappa shape index (κ2) is 7.30. The first-order valence-corrected chi connectivity index (χ1v) is 11.4. The van der Waals surface area contributed by atoms with Crippen LogP contribution in [0.3, 0.4) is 0 Å². The van der Waals surface area contributed by atoms with E-state index in [-0.39, 0.29) is 19.6 Å². The number of amides is 1. The zero-order valence-electron chi connectivity index (χ0n) is 13.7. The van der Waals surface area contributed by atoms with Crippen LogP contribution in [0, 0.1) is 0 Å². The van der Waals surface area contributed by atoms with Crippen molar-refractivity contribution in [3.63, 3.8) is 0 Å². The summed E-state index contributed by atoms with van der Waals surface area (Å²) in [5, 5.41) is 1.23. The Morgan fingerprint density at radius 1 is 0.889 bits per heavy atom. The molecular formula is C17H12BNO5S3. The van der Waals surface area contributed by atoms with Gasteiger partial charge in [0.05, 0.1) is 9.79 Å². The number of hydrogen-bond donors (Lipinski definition) is 1. The van der Waals surface area contributed by atoms with Gasteiger partial charge < -0.3 is 0 Å². The van der Waals surface area contributed by atoms with Crippen LogP contribution in [0.1, 0.15) is 10.4 Å². The van der Waals surface area contributed by atoms with Crippen molar-refractivity contribution in [2.75, 3.05) is 0 Å². The zero-order chi connectivity index (χ0) is 19.7. The molecule has 136 valence electrons. The fourth-order valence-corrected chi connectivity index (χ4v) is 6.06. The third kappa shape index (κ3) is 4.13. The summed E-state index contributed by atoms with van der Waals surface area (Å²) in [5.74, 6) is -0.837. The normalized spacial score (nSPS) is 11.9. The summed E-state index contributed by atoms with van der Waals surface area (Å²) in [6, 6.07) is 14.4. The summed E-state index contributed by atoms with van der Waals surface area (Å²) in [7, 11) is -2.53. The van der Waals surface area contributed by atoms with E-state index >= 15 is 0 Å². The Hall–Kier alpha value is -2.43. The Morgan fingerprint density at radius 2 is 1.52 bits per heavy atom. The zero-order valence-corrected chi connectivity index (χ0v) is 16.1. The van der Waals surface area contributed by atoms with E-state index in [1.807, 2.05) is 4.72 Å². The minimum absolute atomic E-state index is 0.0534. The summed E-state index contributed by atoms with van der Waals surface area (Å²) in [4.78, 5) is 12.0. The molecule has 2 radical (unpaired) electrons. The second-order valence-electron chi connectivity index (χ2n) is 5.47. The fourth-order valence-electron chi connectivity index (χ4n) is 2.18. The van der Waals surface area contributed by atoms with E-state index < -0.39 is 25.8 Å². The molecule has 2 aromatic carbocycles. The number of carbonyl (C=O) groups is 1. The number of carbonyl (C=O) groups excluding carboxylic acids is 1. The maximum absolute atomic E-state index is 12.6. The molecule has 3 rings (SSSR count). The van der Waals surface area contributed by atoms with Crippen LogP contribution in [0.4, 0.5) is 0 Å². The topological polar surface area (TPSA) is 97.4 Å². The summed E-state index contributed by atoms with van der Waals surface area (Å²) in [6.45, 7) is 0. The van der Waals surface area contributed by atoms with Crippen molar-refractivity contribution in [1.29, 1.82) is 0 Å². The molecule has 3 aromatic rings. The molecule has 0 aliphatic heterocycles. The van der Waals surface area contributed by atoms with Gasteiger partial charge in [0.2, 0.25) is 9.84 Å². The predicted molar refractivity (Wildman–Crippen MR) is 103 cm³/mol. The molecule has 1 heterocycles. The molecule has 0 saturated carbocycles. The monoisotopic (exact) mass is 417 g/mol. The maximum atomic E-state index is 12.6. The van der Waals surface area contributed by atoms with Crippen LogP contribution in [-0.4, -0.2) is 30.6 Å². The van der Waals surface area contributed by atoms with E-state index in [1.165, 1.54) is 41.8 Å². The number of sulfone groups is 1. The molecule has 0 unspecified atom stereocenters. The van der Waals surface area contributed by atoms with Crippen LogP contribution in [-0.2, 0) is 19.9 Å². The van der Waals surface area contributed by atoms with Crippen LogP contribution in [0.15, 0.2) is 80.0 Å². The van der Waals surface area contributed by atoms with E-state index in [0.29, 0.717) is 16.8 Å². The quantitative estimate of drug-likeness (QED) is 0.635. The first kappa shape index (κ1) is 19.3. The number of hydrogen-bond acceptors (Lipinski definition) is 6. The van der Waals surface area contributed by atoms with Gasteiger partial charge in [-0.3, -0.25) is 4.79 Å². The molecular weight excluding hydrogens is 405 g/mol. The van der Waals surface area contributed by atoms with Crippen molar-refractivity contribution in [3.8, 4) is 0 Å². The van der Waals surface area contributed by atoms with E-state index in [0.717, 1.165) is 6.07 Å². The smallest absolute Gasteiger partial charge is 0.268 e. The minimum Gasteiger partial charge on any atom is -0.268 e. The molecule has 0 bridgehead atoms. The Kier molecular flexibility index (Phi) is 5.23. The van der Waals surface area contributed by atoms with Gasteiger partial charge in [0.1, 0.15) is 12.1 Å². The largest absolute Gasteiger partial charge is 0.273 e. The number of thiophene rings is 1. The number of sulfonamides is 1.